The average molecular weight is 226 g/mol. The maximum absolute atomic E-state index is 11.4. The highest BCUT2D eigenvalue weighted by molar-refractivity contribution is 7.89. The Balaban J connectivity index is 2.87. The molecule has 1 radical (unpaired) electrons. The summed E-state index contributed by atoms with van der Waals surface area (Å²) in [5.74, 6) is -0.870. The molecule has 0 fully saturated rings. The van der Waals surface area contributed by atoms with E-state index in [1.54, 1.807) is 18.2 Å². The van der Waals surface area contributed by atoms with Crippen molar-refractivity contribution in [2.75, 3.05) is 5.75 Å². The third kappa shape index (κ3) is 3.36. The highest BCUT2D eigenvalue weighted by atomic mass is 32.2. The van der Waals surface area contributed by atoms with Crippen LogP contribution in [0.4, 0.5) is 0 Å². The van der Waals surface area contributed by atoms with Crippen molar-refractivity contribution in [1.82, 2.24) is 4.72 Å². The van der Waals surface area contributed by atoms with Gasteiger partial charge in [0.15, 0.2) is 0 Å². The number of hydrogen-bond donors (Lipinski definition) is 0. The molecular formula is C10H12NO3S. The van der Waals surface area contributed by atoms with Gasteiger partial charge in [-0.25, -0.2) is 8.42 Å². The van der Waals surface area contributed by atoms with Crippen LogP contribution in [0.1, 0.15) is 22.8 Å². The van der Waals surface area contributed by atoms with Crippen LogP contribution in [0.5, 0.6) is 0 Å². The predicted octanol–water partition coefficient (Wildman–Crippen LogP) is 1.09. The number of sulfonamides is 1. The lowest BCUT2D eigenvalue weighted by atomic mass is 10.1. The van der Waals surface area contributed by atoms with Crippen molar-refractivity contribution in [2.45, 2.75) is 13.8 Å². The van der Waals surface area contributed by atoms with Gasteiger partial charge in [0, 0.05) is 5.56 Å². The number of aryl methyl sites for hydroxylation is 1. The summed E-state index contributed by atoms with van der Waals surface area (Å²) < 4.78 is 25.3. The molecule has 81 valence electrons. The van der Waals surface area contributed by atoms with Crippen LogP contribution < -0.4 is 4.72 Å². The summed E-state index contributed by atoms with van der Waals surface area (Å²) in [4.78, 5) is 11.4. The summed E-state index contributed by atoms with van der Waals surface area (Å²) in [6.07, 6.45) is 0. The summed E-state index contributed by atoms with van der Waals surface area (Å²) >= 11 is 0. The molecule has 0 aliphatic heterocycles. The minimum Gasteiger partial charge on any atom is -0.266 e. The largest absolute Gasteiger partial charge is 0.287 e. The zero-order chi connectivity index (χ0) is 11.5. The van der Waals surface area contributed by atoms with Crippen molar-refractivity contribution in [3.05, 3.63) is 35.4 Å². The molecule has 0 atom stereocenters. The van der Waals surface area contributed by atoms with Crippen LogP contribution >= 0.6 is 0 Å². The van der Waals surface area contributed by atoms with Gasteiger partial charge in [0.05, 0.1) is 5.75 Å². The second-order valence-corrected chi connectivity index (χ2v) is 5.06. The van der Waals surface area contributed by atoms with Gasteiger partial charge in [-0.3, -0.25) is 4.79 Å². The molecule has 0 aliphatic rings. The maximum Gasteiger partial charge on any atom is 0.287 e. The highest BCUT2D eigenvalue weighted by Crippen LogP contribution is 2.05. The first-order valence-corrected chi connectivity index (χ1v) is 6.12. The van der Waals surface area contributed by atoms with Crippen LogP contribution in [0, 0.1) is 6.92 Å². The molecule has 15 heavy (non-hydrogen) atoms. The fourth-order valence-electron chi connectivity index (χ4n) is 1.02. The molecule has 0 heterocycles. The second-order valence-electron chi connectivity index (χ2n) is 3.14. The molecule has 1 rings (SSSR count). The van der Waals surface area contributed by atoms with E-state index in [2.05, 4.69) is 4.72 Å². The van der Waals surface area contributed by atoms with E-state index in [1.807, 2.05) is 13.0 Å². The number of rotatable bonds is 3. The summed E-state index contributed by atoms with van der Waals surface area (Å²) in [5.41, 5.74) is 1.19. The molecule has 4 nitrogen and oxygen atoms in total. The monoisotopic (exact) mass is 226 g/mol. The Morgan fingerprint density at radius 3 is 2.60 bits per heavy atom. The summed E-state index contributed by atoms with van der Waals surface area (Å²) in [7, 11) is -3.60. The predicted molar refractivity (Wildman–Crippen MR) is 57.1 cm³/mol. The molecule has 5 heteroatoms. The third-order valence-corrected chi connectivity index (χ3v) is 3.03. The quantitative estimate of drug-likeness (QED) is 0.774. The standard InChI is InChI=1S/C10H12NO3S/c1-3-15(13,14)11-10(12)9-6-4-5-8(2)7-9/h4-7H,3H2,1-2H3. The van der Waals surface area contributed by atoms with Crippen LogP contribution in [0.3, 0.4) is 0 Å². The van der Waals surface area contributed by atoms with Crippen molar-refractivity contribution in [1.29, 1.82) is 0 Å². The fraction of sp³-hybridized carbons (Fsp3) is 0.300. The number of amides is 1. The Labute approximate surface area is 89.4 Å². The van der Waals surface area contributed by atoms with Gasteiger partial charge in [-0.1, -0.05) is 17.7 Å². The van der Waals surface area contributed by atoms with Gasteiger partial charge < -0.3 is 0 Å². The molecule has 0 spiro atoms. The number of hydrogen-bond acceptors (Lipinski definition) is 3. The van der Waals surface area contributed by atoms with E-state index in [0.29, 0.717) is 5.56 Å². The van der Waals surface area contributed by atoms with Crippen molar-refractivity contribution in [3.8, 4) is 0 Å². The molecule has 0 N–H and O–H groups in total. The summed E-state index contributed by atoms with van der Waals surface area (Å²) in [5, 5.41) is 0. The van der Waals surface area contributed by atoms with E-state index < -0.39 is 15.9 Å². The highest BCUT2D eigenvalue weighted by Gasteiger charge is 2.16. The Kier molecular flexibility index (Phi) is 3.47. The average Bonchev–Trinajstić information content (AvgIpc) is 2.17. The molecular weight excluding hydrogens is 214 g/mol. The SMILES string of the molecule is CCS(=O)(=O)[N]C(=O)c1cccc(C)c1. The van der Waals surface area contributed by atoms with Crippen molar-refractivity contribution < 1.29 is 13.2 Å². The molecule has 0 saturated carbocycles. The summed E-state index contributed by atoms with van der Waals surface area (Å²) in [6.45, 7) is 3.27. The normalized spacial score (nSPS) is 11.1. The van der Waals surface area contributed by atoms with Gasteiger partial charge in [-0.2, -0.15) is 0 Å². The summed E-state index contributed by atoms with van der Waals surface area (Å²) in [6, 6.07) is 6.67. The van der Waals surface area contributed by atoms with Gasteiger partial charge in [0.2, 0.25) is 0 Å². The number of carbonyl (C=O) groups excluding carboxylic acids is 1. The number of benzene rings is 1. The van der Waals surface area contributed by atoms with E-state index in [1.165, 1.54) is 6.92 Å². The van der Waals surface area contributed by atoms with Gasteiger partial charge in [-0.15, -0.1) is 4.72 Å². The maximum atomic E-state index is 11.4. The molecule has 1 aromatic rings. The van der Waals surface area contributed by atoms with Gasteiger partial charge >= 0.3 is 0 Å². The minimum atomic E-state index is -3.60. The third-order valence-electron chi connectivity index (χ3n) is 1.85. The Hall–Kier alpha value is -1.36. The van der Waals surface area contributed by atoms with Crippen LogP contribution in [0.2, 0.25) is 0 Å². The number of carbonyl (C=O) groups is 1. The lowest BCUT2D eigenvalue weighted by Gasteiger charge is -2.01. The first-order valence-electron chi connectivity index (χ1n) is 4.51. The van der Waals surface area contributed by atoms with Crippen LogP contribution in [0.25, 0.3) is 0 Å². The topological polar surface area (TPSA) is 65.3 Å². The van der Waals surface area contributed by atoms with E-state index in [-0.39, 0.29) is 5.75 Å². The molecule has 0 aliphatic carbocycles. The first kappa shape index (κ1) is 11.7. The molecule has 0 bridgehead atoms. The van der Waals surface area contributed by atoms with Crippen molar-refractivity contribution >= 4 is 15.9 Å². The van der Waals surface area contributed by atoms with Gasteiger partial charge in [0.1, 0.15) is 0 Å². The van der Waals surface area contributed by atoms with E-state index in [0.717, 1.165) is 5.56 Å². The molecule has 0 aromatic heterocycles. The Bertz CT molecular complexity index is 465. The van der Waals surface area contributed by atoms with Crippen LogP contribution in [0.15, 0.2) is 24.3 Å². The minimum absolute atomic E-state index is 0.162. The lowest BCUT2D eigenvalue weighted by molar-refractivity contribution is 0.0978. The molecule has 1 aromatic carbocycles. The van der Waals surface area contributed by atoms with Gasteiger partial charge in [0.25, 0.3) is 15.9 Å². The smallest absolute Gasteiger partial charge is 0.266 e. The van der Waals surface area contributed by atoms with Crippen LogP contribution in [-0.4, -0.2) is 20.1 Å². The zero-order valence-electron chi connectivity index (χ0n) is 8.60. The lowest BCUT2D eigenvalue weighted by Crippen LogP contribution is -2.24. The second kappa shape index (κ2) is 4.44. The van der Waals surface area contributed by atoms with Crippen molar-refractivity contribution in [3.63, 3.8) is 0 Å². The van der Waals surface area contributed by atoms with Crippen molar-refractivity contribution in [2.24, 2.45) is 0 Å². The van der Waals surface area contributed by atoms with E-state index in [4.69, 9.17) is 0 Å². The molecule has 1 amide bonds. The number of nitrogens with zero attached hydrogens (tertiary/aromatic N) is 1. The van der Waals surface area contributed by atoms with Crippen LogP contribution in [-0.2, 0) is 10.0 Å². The fourth-order valence-corrected chi connectivity index (χ4v) is 1.51. The molecule has 0 saturated heterocycles. The van der Waals surface area contributed by atoms with E-state index >= 15 is 0 Å². The Morgan fingerprint density at radius 2 is 2.07 bits per heavy atom. The van der Waals surface area contributed by atoms with Gasteiger partial charge in [-0.05, 0) is 26.0 Å². The Morgan fingerprint density at radius 1 is 1.40 bits per heavy atom. The first-order chi connectivity index (χ1) is 6.94. The van der Waals surface area contributed by atoms with E-state index in [9.17, 15) is 13.2 Å². The zero-order valence-corrected chi connectivity index (χ0v) is 9.41. The molecule has 0 unspecified atom stereocenters.